The molecule has 0 saturated heterocycles. The average Bonchev–Trinajstić information content (AvgIpc) is 3.78. The molecule has 1 unspecified atom stereocenters. The zero-order valence-corrected chi connectivity index (χ0v) is 18.2. The predicted octanol–water partition coefficient (Wildman–Crippen LogP) is 4.82. The van der Waals surface area contributed by atoms with Gasteiger partial charge in [-0.1, -0.05) is 48.1 Å². The van der Waals surface area contributed by atoms with Gasteiger partial charge >= 0.3 is 6.09 Å². The SMILES string of the molecule is C=CCOC(=O)N(CC1(c2nc(-c3ccc(C#N)cc3)no2)CC1)[C@H]1CC1c1ccccc1. The van der Waals surface area contributed by atoms with Crippen LogP contribution in [-0.2, 0) is 10.2 Å². The normalized spacial score (nSPS) is 19.8. The molecule has 0 bridgehead atoms. The lowest BCUT2D eigenvalue weighted by Gasteiger charge is -2.26. The molecule has 0 N–H and O–H groups in total. The summed E-state index contributed by atoms with van der Waals surface area (Å²) < 4.78 is 11.1. The Morgan fingerprint density at radius 2 is 2.00 bits per heavy atom. The van der Waals surface area contributed by atoms with E-state index in [4.69, 9.17) is 14.5 Å². The number of nitrogens with zero attached hydrogens (tertiary/aromatic N) is 4. The van der Waals surface area contributed by atoms with Crippen LogP contribution in [0.1, 0.15) is 42.2 Å². The van der Waals surface area contributed by atoms with Crippen LogP contribution in [0.5, 0.6) is 0 Å². The topological polar surface area (TPSA) is 92.2 Å². The van der Waals surface area contributed by atoms with Crippen LogP contribution in [0.25, 0.3) is 11.4 Å². The van der Waals surface area contributed by atoms with Gasteiger partial charge in [-0.25, -0.2) is 4.79 Å². The maximum Gasteiger partial charge on any atom is 0.410 e. The van der Waals surface area contributed by atoms with Gasteiger partial charge in [0.1, 0.15) is 6.61 Å². The minimum absolute atomic E-state index is 0.0862. The highest BCUT2D eigenvalue weighted by Gasteiger charge is 2.55. The van der Waals surface area contributed by atoms with Crippen LogP contribution in [-0.4, -0.2) is 40.3 Å². The molecule has 2 atom stereocenters. The number of rotatable bonds is 8. The molecule has 0 radical (unpaired) electrons. The Labute approximate surface area is 192 Å². The molecule has 1 amide bonds. The molecular weight excluding hydrogens is 416 g/mol. The Morgan fingerprint density at radius 1 is 1.24 bits per heavy atom. The van der Waals surface area contributed by atoms with Gasteiger partial charge in [-0.3, -0.25) is 0 Å². The summed E-state index contributed by atoms with van der Waals surface area (Å²) in [6.07, 6.45) is 3.89. The second-order valence-corrected chi connectivity index (χ2v) is 8.71. The summed E-state index contributed by atoms with van der Waals surface area (Å²) in [6.45, 7) is 4.30. The van der Waals surface area contributed by atoms with Gasteiger partial charge in [0, 0.05) is 24.1 Å². The summed E-state index contributed by atoms with van der Waals surface area (Å²) in [5, 5.41) is 13.2. The molecule has 3 aromatic rings. The summed E-state index contributed by atoms with van der Waals surface area (Å²) >= 11 is 0. The Kier molecular flexibility index (Phi) is 5.43. The van der Waals surface area contributed by atoms with Crippen LogP contribution >= 0.6 is 0 Å². The first kappa shape index (κ1) is 21.0. The second-order valence-electron chi connectivity index (χ2n) is 8.71. The quantitative estimate of drug-likeness (QED) is 0.466. The van der Waals surface area contributed by atoms with Crippen molar-refractivity contribution in [1.29, 1.82) is 5.26 Å². The van der Waals surface area contributed by atoms with Gasteiger partial charge in [0.05, 0.1) is 17.0 Å². The van der Waals surface area contributed by atoms with E-state index in [1.54, 1.807) is 30.3 Å². The van der Waals surface area contributed by atoms with Crippen molar-refractivity contribution in [3.8, 4) is 17.5 Å². The van der Waals surface area contributed by atoms with Crippen LogP contribution in [0.15, 0.2) is 71.8 Å². The van der Waals surface area contributed by atoms with Gasteiger partial charge in [-0.2, -0.15) is 10.2 Å². The molecule has 2 aliphatic rings. The second kappa shape index (κ2) is 8.55. The van der Waals surface area contributed by atoms with Crippen molar-refractivity contribution in [2.45, 2.75) is 36.6 Å². The molecule has 0 aliphatic heterocycles. The largest absolute Gasteiger partial charge is 0.445 e. The zero-order chi connectivity index (χ0) is 22.8. The summed E-state index contributed by atoms with van der Waals surface area (Å²) in [7, 11) is 0. The van der Waals surface area contributed by atoms with E-state index in [0.717, 1.165) is 24.8 Å². The highest BCUT2D eigenvalue weighted by molar-refractivity contribution is 5.69. The van der Waals surface area contributed by atoms with E-state index < -0.39 is 0 Å². The van der Waals surface area contributed by atoms with Crippen LogP contribution in [0.4, 0.5) is 4.79 Å². The van der Waals surface area contributed by atoms with Crippen LogP contribution in [0.3, 0.4) is 0 Å². The molecule has 2 aromatic carbocycles. The van der Waals surface area contributed by atoms with E-state index >= 15 is 0 Å². The average molecular weight is 441 g/mol. The first-order chi connectivity index (χ1) is 16.1. The lowest BCUT2D eigenvalue weighted by Crippen LogP contribution is -2.40. The third-order valence-corrected chi connectivity index (χ3v) is 6.42. The maximum absolute atomic E-state index is 12.9. The predicted molar refractivity (Wildman–Crippen MR) is 121 cm³/mol. The van der Waals surface area contributed by atoms with E-state index in [-0.39, 0.29) is 24.2 Å². The summed E-state index contributed by atoms with van der Waals surface area (Å²) in [4.78, 5) is 19.4. The summed E-state index contributed by atoms with van der Waals surface area (Å²) in [6, 6.07) is 19.5. The molecule has 7 nitrogen and oxygen atoms in total. The number of nitriles is 1. The highest BCUT2D eigenvalue weighted by Crippen LogP contribution is 2.52. The first-order valence-corrected chi connectivity index (χ1v) is 11.1. The molecule has 5 rings (SSSR count). The number of benzene rings is 2. The first-order valence-electron chi connectivity index (χ1n) is 11.1. The van der Waals surface area contributed by atoms with Crippen molar-refractivity contribution in [2.75, 3.05) is 13.2 Å². The molecular formula is C26H24N4O3. The van der Waals surface area contributed by atoms with Crippen molar-refractivity contribution < 1.29 is 14.1 Å². The van der Waals surface area contributed by atoms with Crippen LogP contribution in [0, 0.1) is 11.3 Å². The Morgan fingerprint density at radius 3 is 2.67 bits per heavy atom. The minimum atomic E-state index is -0.352. The third kappa shape index (κ3) is 4.24. The van der Waals surface area contributed by atoms with Gasteiger partial charge in [0.2, 0.25) is 11.7 Å². The number of carbonyl (C=O) groups is 1. The van der Waals surface area contributed by atoms with E-state index in [1.165, 1.54) is 5.56 Å². The molecule has 1 heterocycles. The van der Waals surface area contributed by atoms with Crippen molar-refractivity contribution in [3.63, 3.8) is 0 Å². The number of hydrogen-bond donors (Lipinski definition) is 0. The van der Waals surface area contributed by atoms with Gasteiger partial charge in [0.15, 0.2) is 0 Å². The Balaban J connectivity index is 1.35. The molecule has 2 aliphatic carbocycles. The van der Waals surface area contributed by atoms with Crippen LogP contribution < -0.4 is 0 Å². The van der Waals surface area contributed by atoms with E-state index in [1.807, 2.05) is 23.1 Å². The number of amides is 1. The lowest BCUT2D eigenvalue weighted by molar-refractivity contribution is 0.102. The van der Waals surface area contributed by atoms with Gasteiger partial charge in [-0.05, 0) is 49.1 Å². The fraction of sp³-hybridized carbons (Fsp3) is 0.308. The molecule has 2 fully saturated rings. The molecule has 0 spiro atoms. The number of aromatic nitrogens is 2. The summed E-state index contributed by atoms with van der Waals surface area (Å²) in [5.41, 5.74) is 2.24. The number of hydrogen-bond acceptors (Lipinski definition) is 6. The van der Waals surface area contributed by atoms with E-state index in [9.17, 15) is 4.79 Å². The number of ether oxygens (including phenoxy) is 1. The molecule has 2 saturated carbocycles. The van der Waals surface area contributed by atoms with E-state index in [0.29, 0.717) is 29.7 Å². The molecule has 166 valence electrons. The standard InChI is InChI=1S/C26H24N4O3/c1-2-14-32-25(31)30(22-15-21(22)19-6-4-3-5-7-19)17-26(12-13-26)24-28-23(29-33-24)20-10-8-18(16-27)9-11-20/h2-11,21-22H,1,12-15,17H2/t21?,22-/m0/s1. The van der Waals surface area contributed by atoms with Gasteiger partial charge < -0.3 is 14.2 Å². The Bertz CT molecular complexity index is 1190. The molecule has 1 aromatic heterocycles. The van der Waals surface area contributed by atoms with Gasteiger partial charge in [-0.15, -0.1) is 0 Å². The Hall–Kier alpha value is -3.92. The van der Waals surface area contributed by atoms with Crippen molar-refractivity contribution in [3.05, 3.63) is 84.3 Å². The highest BCUT2D eigenvalue weighted by atomic mass is 16.6. The third-order valence-electron chi connectivity index (χ3n) is 6.42. The monoisotopic (exact) mass is 440 g/mol. The van der Waals surface area contributed by atoms with Crippen molar-refractivity contribution in [2.24, 2.45) is 0 Å². The minimum Gasteiger partial charge on any atom is -0.445 e. The smallest absolute Gasteiger partial charge is 0.410 e. The zero-order valence-electron chi connectivity index (χ0n) is 18.2. The van der Waals surface area contributed by atoms with Crippen LogP contribution in [0.2, 0.25) is 0 Å². The van der Waals surface area contributed by atoms with E-state index in [2.05, 4.69) is 34.9 Å². The molecule has 7 heteroatoms. The molecule has 33 heavy (non-hydrogen) atoms. The fourth-order valence-electron chi connectivity index (χ4n) is 4.28. The van der Waals surface area contributed by atoms with Gasteiger partial charge in [0.25, 0.3) is 0 Å². The van der Waals surface area contributed by atoms with Crippen molar-refractivity contribution >= 4 is 6.09 Å². The fourth-order valence-corrected chi connectivity index (χ4v) is 4.28. The lowest BCUT2D eigenvalue weighted by atomic mass is 10.1. The van der Waals surface area contributed by atoms with Crippen molar-refractivity contribution in [1.82, 2.24) is 15.0 Å². The summed E-state index contributed by atoms with van der Waals surface area (Å²) in [5.74, 6) is 1.32. The maximum atomic E-state index is 12.9. The number of carbonyl (C=O) groups excluding carboxylic acids is 1.